The number of hydrogen-bond donors (Lipinski definition) is 2. The van der Waals surface area contributed by atoms with E-state index in [1.54, 1.807) is 18.3 Å². The Labute approximate surface area is 237 Å². The van der Waals surface area contributed by atoms with Crippen molar-refractivity contribution in [1.29, 1.82) is 0 Å². The highest BCUT2D eigenvalue weighted by Crippen LogP contribution is 2.51. The summed E-state index contributed by atoms with van der Waals surface area (Å²) in [4.78, 5) is 13.9. The number of benzene rings is 2. The Hall–Kier alpha value is -3.48. The molecule has 210 valence electrons. The Morgan fingerprint density at radius 2 is 1.90 bits per heavy atom. The van der Waals surface area contributed by atoms with Crippen molar-refractivity contribution >= 4 is 51.4 Å². The highest BCUT2D eigenvalue weighted by atomic mass is 35.5. The summed E-state index contributed by atoms with van der Waals surface area (Å²) >= 11 is 0. The number of nitrogens with one attached hydrogen (secondary N) is 1. The molecule has 3 aliphatic rings. The average molecular weight is 586 g/mol. The zero-order valence-electron chi connectivity index (χ0n) is 21.6. The Morgan fingerprint density at radius 3 is 2.67 bits per heavy atom. The number of halogens is 2. The van der Waals surface area contributed by atoms with E-state index < -0.39 is 10.5 Å². The van der Waals surface area contributed by atoms with E-state index >= 15 is 0 Å². The van der Waals surface area contributed by atoms with Crippen LogP contribution in [0.25, 0.3) is 11.2 Å². The van der Waals surface area contributed by atoms with Crippen molar-refractivity contribution in [1.82, 2.24) is 20.2 Å². The highest BCUT2D eigenvalue weighted by Gasteiger charge is 2.46. The first-order chi connectivity index (χ1) is 18.8. The third-order valence-electron chi connectivity index (χ3n) is 8.54. The van der Waals surface area contributed by atoms with Crippen molar-refractivity contribution in [3.8, 4) is 5.75 Å². The van der Waals surface area contributed by atoms with Crippen LogP contribution in [0.4, 0.5) is 21.2 Å². The molecule has 3 N–H and O–H groups in total. The van der Waals surface area contributed by atoms with Crippen molar-refractivity contribution in [2.24, 2.45) is 11.1 Å². The van der Waals surface area contributed by atoms with Crippen molar-refractivity contribution < 1.29 is 16.5 Å². The van der Waals surface area contributed by atoms with Gasteiger partial charge in [-0.1, -0.05) is 28.2 Å². The number of anilines is 3. The molecule has 40 heavy (non-hydrogen) atoms. The molecule has 0 radical (unpaired) electrons. The summed E-state index contributed by atoms with van der Waals surface area (Å²) in [6, 6.07) is 13.3. The molecule has 0 bridgehead atoms. The van der Waals surface area contributed by atoms with Crippen LogP contribution in [0.1, 0.15) is 42.0 Å². The fraction of sp³-hybridized carbons (Fsp3) is 0.370. The number of piperidine rings is 1. The number of nitrogens with two attached hydrogens (primary N) is 1. The van der Waals surface area contributed by atoms with Gasteiger partial charge in [0.15, 0.2) is 17.0 Å². The number of aromatic amines is 1. The van der Waals surface area contributed by atoms with E-state index in [1.807, 2.05) is 4.90 Å². The van der Waals surface area contributed by atoms with Crippen molar-refractivity contribution in [2.75, 3.05) is 29.4 Å². The molecule has 1 spiro atoms. The zero-order chi connectivity index (χ0) is 26.8. The largest absolute Gasteiger partial charge is 0.488 e. The van der Waals surface area contributed by atoms with Crippen LogP contribution < -0.4 is 19.7 Å². The molecule has 10 nitrogen and oxygen atoms in total. The molecule has 4 heterocycles. The zero-order valence-corrected chi connectivity index (χ0v) is 23.2. The lowest BCUT2D eigenvalue weighted by atomic mass is 9.73. The van der Waals surface area contributed by atoms with Gasteiger partial charge < -0.3 is 19.7 Å². The van der Waals surface area contributed by atoms with Crippen LogP contribution in [-0.2, 0) is 23.3 Å². The number of fused-ring (bicyclic) bond motifs is 3. The van der Waals surface area contributed by atoms with Crippen LogP contribution in [-0.4, -0.2) is 48.2 Å². The fourth-order valence-corrected chi connectivity index (χ4v) is 6.90. The standard InChI is InChI=1S/C27H28FN7O3S.ClH/c28-39(36,37)38-19-7-8-21-17(14-19)5-3-11-35(21)26-23-25(32-33-26)31-22(16-30-23)34-12-9-27(10-13-34)15-18-4-1-2-6-20(18)24(27)29;/h1-2,4,6-8,14,16,24H,3,5,9-13,15,29H2,(H,31,32,33);1H/t24-;/m1./s1. The normalized spacial score (nSPS) is 19.8. The second kappa shape index (κ2) is 9.86. The van der Waals surface area contributed by atoms with Gasteiger partial charge in [0.05, 0.1) is 6.20 Å². The number of H-pyrrole nitrogens is 1. The molecule has 0 unspecified atom stereocenters. The van der Waals surface area contributed by atoms with Crippen molar-refractivity contribution in [3.05, 3.63) is 65.4 Å². The summed E-state index contributed by atoms with van der Waals surface area (Å²) in [5.41, 5.74) is 12.4. The van der Waals surface area contributed by atoms with Crippen LogP contribution in [0.5, 0.6) is 5.75 Å². The first-order valence-electron chi connectivity index (χ1n) is 13.1. The first-order valence-corrected chi connectivity index (χ1v) is 14.4. The molecule has 7 rings (SSSR count). The van der Waals surface area contributed by atoms with Gasteiger partial charge in [0.1, 0.15) is 11.6 Å². The molecule has 2 aromatic carbocycles. The fourth-order valence-electron chi connectivity index (χ4n) is 6.57. The van der Waals surface area contributed by atoms with Gasteiger partial charge in [0, 0.05) is 31.4 Å². The van der Waals surface area contributed by atoms with Gasteiger partial charge in [-0.2, -0.15) is 13.5 Å². The van der Waals surface area contributed by atoms with E-state index in [2.05, 4.69) is 43.5 Å². The summed E-state index contributed by atoms with van der Waals surface area (Å²) in [6.45, 7) is 2.43. The molecule has 0 saturated carbocycles. The Balaban J connectivity index is 0.00000289. The molecular weight excluding hydrogens is 557 g/mol. The Morgan fingerprint density at radius 1 is 1.10 bits per heavy atom. The van der Waals surface area contributed by atoms with Gasteiger partial charge in [-0.15, -0.1) is 12.4 Å². The van der Waals surface area contributed by atoms with E-state index in [0.717, 1.165) is 55.8 Å². The molecule has 1 fully saturated rings. The van der Waals surface area contributed by atoms with Gasteiger partial charge in [0.2, 0.25) is 0 Å². The quantitative estimate of drug-likeness (QED) is 0.337. The number of rotatable bonds is 4. The van der Waals surface area contributed by atoms with Gasteiger partial charge in [-0.3, -0.25) is 5.10 Å². The average Bonchev–Trinajstić information content (AvgIpc) is 3.46. The second-order valence-electron chi connectivity index (χ2n) is 10.7. The number of nitrogens with zero attached hydrogens (tertiary/aromatic N) is 5. The number of aryl methyl sites for hydroxylation is 1. The van der Waals surface area contributed by atoms with Gasteiger partial charge in [-0.05, 0) is 72.4 Å². The maximum atomic E-state index is 13.0. The number of aromatic nitrogens is 4. The molecule has 13 heteroatoms. The molecule has 1 aliphatic carbocycles. The monoisotopic (exact) mass is 585 g/mol. The van der Waals surface area contributed by atoms with E-state index in [-0.39, 0.29) is 29.6 Å². The van der Waals surface area contributed by atoms with Crippen LogP contribution in [0.2, 0.25) is 0 Å². The molecule has 4 aromatic rings. The van der Waals surface area contributed by atoms with Crippen LogP contribution in [0.15, 0.2) is 48.7 Å². The van der Waals surface area contributed by atoms with E-state index in [4.69, 9.17) is 15.7 Å². The van der Waals surface area contributed by atoms with E-state index in [0.29, 0.717) is 29.9 Å². The number of hydrogen-bond acceptors (Lipinski definition) is 9. The summed E-state index contributed by atoms with van der Waals surface area (Å²) in [7, 11) is -5.08. The highest BCUT2D eigenvalue weighted by molar-refractivity contribution is 7.81. The SMILES string of the molecule is Cl.N[C@@H]1c2ccccc2CC12CCN(c1cnc3c(N4CCCc5cc(OS(=O)(=O)F)ccc54)n[nH]c3n1)CC2. The first kappa shape index (κ1) is 26.7. The molecule has 2 aromatic heterocycles. The lowest BCUT2D eigenvalue weighted by molar-refractivity contribution is 0.187. The maximum absolute atomic E-state index is 13.0. The topological polar surface area (TPSA) is 130 Å². The summed E-state index contributed by atoms with van der Waals surface area (Å²) in [5.74, 6) is 1.40. The van der Waals surface area contributed by atoms with Crippen LogP contribution >= 0.6 is 12.4 Å². The smallest absolute Gasteiger partial charge is 0.358 e. The van der Waals surface area contributed by atoms with Gasteiger partial charge >= 0.3 is 10.5 Å². The maximum Gasteiger partial charge on any atom is 0.488 e. The minimum atomic E-state index is -5.08. The van der Waals surface area contributed by atoms with E-state index in [9.17, 15) is 12.3 Å². The van der Waals surface area contributed by atoms with Crippen LogP contribution in [0.3, 0.4) is 0 Å². The van der Waals surface area contributed by atoms with E-state index in [1.165, 1.54) is 17.2 Å². The molecule has 1 atom stereocenters. The third kappa shape index (κ3) is 4.53. The molecular formula is C27H29ClFN7O3S. The Bertz CT molecular complexity index is 1690. The van der Waals surface area contributed by atoms with Crippen molar-refractivity contribution in [2.45, 2.75) is 38.1 Å². The van der Waals surface area contributed by atoms with Crippen molar-refractivity contribution in [3.63, 3.8) is 0 Å². The summed E-state index contributed by atoms with van der Waals surface area (Å²) in [5, 5.41) is 7.57. The lowest BCUT2D eigenvalue weighted by Crippen LogP contribution is -2.44. The summed E-state index contributed by atoms with van der Waals surface area (Å²) < 4.78 is 39.2. The molecule has 2 aliphatic heterocycles. The second-order valence-corrected chi connectivity index (χ2v) is 11.7. The van der Waals surface area contributed by atoms with Crippen LogP contribution in [0, 0.1) is 5.41 Å². The van der Waals surface area contributed by atoms with Gasteiger partial charge in [-0.25, -0.2) is 9.97 Å². The molecule has 0 amide bonds. The lowest BCUT2D eigenvalue weighted by Gasteiger charge is -2.42. The Kier molecular flexibility index (Phi) is 6.59. The summed E-state index contributed by atoms with van der Waals surface area (Å²) in [6.07, 6.45) is 6.34. The predicted octanol–water partition coefficient (Wildman–Crippen LogP) is 4.29. The minimum absolute atomic E-state index is 0. The predicted molar refractivity (Wildman–Crippen MR) is 152 cm³/mol. The third-order valence-corrected chi connectivity index (χ3v) is 8.93. The minimum Gasteiger partial charge on any atom is -0.358 e. The van der Waals surface area contributed by atoms with Gasteiger partial charge in [0.25, 0.3) is 0 Å². The molecule has 1 saturated heterocycles.